The first-order chi connectivity index (χ1) is 7.26. The summed E-state index contributed by atoms with van der Waals surface area (Å²) in [6.45, 7) is 0. The van der Waals surface area contributed by atoms with E-state index < -0.39 is 0 Å². The molecule has 1 fully saturated rings. The summed E-state index contributed by atoms with van der Waals surface area (Å²) in [5, 5.41) is 4.06. The van der Waals surface area contributed by atoms with Crippen molar-refractivity contribution in [2.24, 2.45) is 5.92 Å². The highest BCUT2D eigenvalue weighted by Gasteiger charge is 2.37. The van der Waals surface area contributed by atoms with E-state index in [-0.39, 0.29) is 17.9 Å². The smallest absolute Gasteiger partial charge is 0.308 e. The summed E-state index contributed by atoms with van der Waals surface area (Å²) in [5.74, 6) is -0.213. The van der Waals surface area contributed by atoms with Crippen molar-refractivity contribution < 1.29 is 14.3 Å². The van der Waals surface area contributed by atoms with Gasteiger partial charge in [-0.25, -0.2) is 0 Å². The second kappa shape index (κ2) is 3.84. The van der Waals surface area contributed by atoms with E-state index in [9.17, 15) is 9.59 Å². The molecular weight excluding hydrogens is 196 g/mol. The number of methoxy groups -OCH3 is 1. The number of hydrogen-bond donors (Lipinski definition) is 0. The normalized spacial score (nSPS) is 24.3. The molecule has 0 amide bonds. The van der Waals surface area contributed by atoms with Crippen LogP contribution in [0.4, 0.5) is 0 Å². The van der Waals surface area contributed by atoms with Gasteiger partial charge in [-0.15, -0.1) is 0 Å². The molecule has 0 aliphatic heterocycles. The average molecular weight is 208 g/mol. The summed E-state index contributed by atoms with van der Waals surface area (Å²) in [7, 11) is 1.39. The summed E-state index contributed by atoms with van der Waals surface area (Å²) in [6.07, 6.45) is 3.78. The lowest BCUT2D eigenvalue weighted by Gasteiger charge is -2.33. The predicted octanol–water partition coefficient (Wildman–Crippen LogP) is 0.820. The number of aromatic nitrogens is 2. The Bertz CT molecular complexity index is 380. The molecule has 0 bridgehead atoms. The van der Waals surface area contributed by atoms with Crippen molar-refractivity contribution in [2.75, 3.05) is 7.11 Å². The van der Waals surface area contributed by atoms with E-state index >= 15 is 0 Å². The van der Waals surface area contributed by atoms with E-state index in [0.29, 0.717) is 18.5 Å². The van der Waals surface area contributed by atoms with Gasteiger partial charge in [0.15, 0.2) is 6.29 Å². The fourth-order valence-electron chi connectivity index (χ4n) is 1.87. The largest absolute Gasteiger partial charge is 0.469 e. The maximum Gasteiger partial charge on any atom is 0.308 e. The Balaban J connectivity index is 2.00. The monoisotopic (exact) mass is 208 g/mol. The molecule has 2 rings (SSSR count). The molecule has 1 aliphatic rings. The second-order valence-electron chi connectivity index (χ2n) is 3.66. The Morgan fingerprint density at radius 1 is 1.67 bits per heavy atom. The molecule has 0 saturated heterocycles. The van der Waals surface area contributed by atoms with Gasteiger partial charge in [0.2, 0.25) is 0 Å². The molecule has 1 aromatic heterocycles. The van der Waals surface area contributed by atoms with E-state index in [1.165, 1.54) is 7.11 Å². The van der Waals surface area contributed by atoms with Gasteiger partial charge in [-0.05, 0) is 18.9 Å². The highest BCUT2D eigenvalue weighted by atomic mass is 16.5. The summed E-state index contributed by atoms with van der Waals surface area (Å²) < 4.78 is 6.31. The van der Waals surface area contributed by atoms with Gasteiger partial charge >= 0.3 is 5.97 Å². The Labute approximate surface area is 87.0 Å². The molecule has 15 heavy (non-hydrogen) atoms. The number of rotatable bonds is 3. The minimum atomic E-state index is -0.175. The van der Waals surface area contributed by atoms with Crippen molar-refractivity contribution in [1.82, 2.24) is 9.78 Å². The maximum absolute atomic E-state index is 11.1. The summed E-state index contributed by atoms with van der Waals surface area (Å²) in [4.78, 5) is 21.8. The van der Waals surface area contributed by atoms with Gasteiger partial charge in [0.25, 0.3) is 0 Å². The van der Waals surface area contributed by atoms with Crippen LogP contribution in [-0.4, -0.2) is 29.1 Å². The molecule has 5 nitrogen and oxygen atoms in total. The van der Waals surface area contributed by atoms with Gasteiger partial charge in [-0.1, -0.05) is 0 Å². The van der Waals surface area contributed by atoms with Crippen LogP contribution < -0.4 is 0 Å². The fraction of sp³-hybridized carbons (Fsp3) is 0.500. The fourth-order valence-corrected chi connectivity index (χ4v) is 1.87. The molecule has 0 spiro atoms. The first-order valence-corrected chi connectivity index (χ1v) is 4.82. The first kappa shape index (κ1) is 9.89. The minimum absolute atomic E-state index is 0.0382. The second-order valence-corrected chi connectivity index (χ2v) is 3.66. The van der Waals surface area contributed by atoms with Crippen molar-refractivity contribution in [3.63, 3.8) is 0 Å². The Hall–Kier alpha value is -1.65. The van der Waals surface area contributed by atoms with Crippen molar-refractivity contribution in [3.05, 3.63) is 18.0 Å². The number of nitrogens with zero attached hydrogens (tertiary/aromatic N) is 2. The highest BCUT2D eigenvalue weighted by Crippen LogP contribution is 2.38. The number of esters is 1. The molecule has 0 N–H and O–H groups in total. The van der Waals surface area contributed by atoms with E-state index in [0.717, 1.165) is 6.29 Å². The number of hydrogen-bond acceptors (Lipinski definition) is 4. The molecule has 0 radical (unpaired) electrons. The lowest BCUT2D eigenvalue weighted by molar-refractivity contribution is -0.149. The average Bonchev–Trinajstić information content (AvgIpc) is 2.63. The molecule has 0 unspecified atom stereocenters. The van der Waals surface area contributed by atoms with Crippen LogP contribution in [0.5, 0.6) is 0 Å². The highest BCUT2D eigenvalue weighted by molar-refractivity contribution is 5.74. The summed E-state index contributed by atoms with van der Waals surface area (Å²) in [5.41, 5.74) is 0.559. The van der Waals surface area contributed by atoms with E-state index in [4.69, 9.17) is 0 Å². The lowest BCUT2D eigenvalue weighted by atomic mass is 9.80. The molecule has 1 aromatic rings. The Kier molecular flexibility index (Phi) is 2.53. The van der Waals surface area contributed by atoms with Crippen LogP contribution in [-0.2, 0) is 9.53 Å². The van der Waals surface area contributed by atoms with Crippen LogP contribution in [0.2, 0.25) is 0 Å². The van der Waals surface area contributed by atoms with E-state index in [2.05, 4.69) is 9.84 Å². The maximum atomic E-state index is 11.1. The van der Waals surface area contributed by atoms with Crippen LogP contribution in [0.3, 0.4) is 0 Å². The molecule has 0 atom stereocenters. The third-order valence-corrected chi connectivity index (χ3v) is 2.82. The van der Waals surface area contributed by atoms with Gasteiger partial charge in [0.05, 0.1) is 19.1 Å². The molecule has 80 valence electrons. The number of carbonyl (C=O) groups is 2. The van der Waals surface area contributed by atoms with Gasteiger partial charge in [0, 0.05) is 6.20 Å². The van der Waals surface area contributed by atoms with Crippen molar-refractivity contribution >= 4 is 12.3 Å². The Morgan fingerprint density at radius 2 is 2.40 bits per heavy atom. The van der Waals surface area contributed by atoms with Crippen LogP contribution in [0.15, 0.2) is 12.3 Å². The van der Waals surface area contributed by atoms with E-state index in [1.807, 2.05) is 0 Å². The van der Waals surface area contributed by atoms with Crippen LogP contribution in [0.25, 0.3) is 0 Å². The lowest BCUT2D eigenvalue weighted by Crippen LogP contribution is -2.34. The molecule has 5 heteroatoms. The van der Waals surface area contributed by atoms with Crippen molar-refractivity contribution in [1.29, 1.82) is 0 Å². The van der Waals surface area contributed by atoms with E-state index in [1.54, 1.807) is 16.9 Å². The molecule has 1 saturated carbocycles. The SMILES string of the molecule is COC(=O)C1CC(n2nccc2C=O)C1. The molecule has 1 heterocycles. The number of carbonyl (C=O) groups excluding carboxylic acids is 2. The minimum Gasteiger partial charge on any atom is -0.469 e. The summed E-state index contributed by atoms with van der Waals surface area (Å²) >= 11 is 0. The zero-order chi connectivity index (χ0) is 10.8. The number of aldehydes is 1. The molecule has 0 aromatic carbocycles. The van der Waals surface area contributed by atoms with Gasteiger partial charge in [-0.2, -0.15) is 5.10 Å². The van der Waals surface area contributed by atoms with Gasteiger partial charge < -0.3 is 4.74 Å². The zero-order valence-corrected chi connectivity index (χ0v) is 8.42. The van der Waals surface area contributed by atoms with Crippen LogP contribution >= 0.6 is 0 Å². The predicted molar refractivity (Wildman–Crippen MR) is 51.4 cm³/mol. The zero-order valence-electron chi connectivity index (χ0n) is 8.42. The molecular formula is C10H12N2O3. The van der Waals surface area contributed by atoms with Crippen LogP contribution in [0, 0.1) is 5.92 Å². The van der Waals surface area contributed by atoms with Gasteiger partial charge in [0.1, 0.15) is 5.69 Å². The van der Waals surface area contributed by atoms with Crippen molar-refractivity contribution in [2.45, 2.75) is 18.9 Å². The third kappa shape index (κ3) is 1.65. The van der Waals surface area contributed by atoms with Gasteiger partial charge in [-0.3, -0.25) is 14.3 Å². The number of ether oxygens (including phenoxy) is 1. The quantitative estimate of drug-likeness (QED) is 0.545. The summed E-state index contributed by atoms with van der Waals surface area (Å²) in [6, 6.07) is 1.82. The first-order valence-electron chi connectivity index (χ1n) is 4.82. The van der Waals surface area contributed by atoms with Crippen LogP contribution in [0.1, 0.15) is 29.4 Å². The van der Waals surface area contributed by atoms with Crippen molar-refractivity contribution in [3.8, 4) is 0 Å². The molecule has 1 aliphatic carbocycles. The standard InChI is InChI=1S/C10H12N2O3/c1-15-10(14)7-4-9(5-7)12-8(6-13)2-3-11-12/h2-3,6-7,9H,4-5H2,1H3. The Morgan fingerprint density at radius 3 is 3.00 bits per heavy atom. The topological polar surface area (TPSA) is 61.2 Å². The third-order valence-electron chi connectivity index (χ3n) is 2.82.